The molecule has 0 radical (unpaired) electrons. The van der Waals surface area contributed by atoms with Crippen LogP contribution in [-0.2, 0) is 22.0 Å². The minimum absolute atomic E-state index is 0.292. The van der Waals surface area contributed by atoms with Crippen molar-refractivity contribution in [3.8, 4) is 0 Å². The number of rotatable bonds is 6. The maximum absolute atomic E-state index is 12.6. The van der Waals surface area contributed by atoms with Gasteiger partial charge in [0.2, 0.25) is 10.0 Å². The minimum Gasteiger partial charge on any atom is -0.212 e. The molecule has 1 N–H and O–H groups in total. The lowest BCUT2D eigenvalue weighted by atomic mass is 10.1. The van der Waals surface area contributed by atoms with Crippen LogP contribution < -0.4 is 4.72 Å². The van der Waals surface area contributed by atoms with E-state index in [4.69, 9.17) is 0 Å². The molecule has 0 saturated carbocycles. The summed E-state index contributed by atoms with van der Waals surface area (Å²) in [5.74, 6) is -0.392. The van der Waals surface area contributed by atoms with Crippen molar-refractivity contribution in [3.63, 3.8) is 0 Å². The number of thiophene rings is 2. The van der Waals surface area contributed by atoms with Crippen LogP contribution in [0.3, 0.4) is 0 Å². The maximum atomic E-state index is 12.6. The number of nitrogens with one attached hydrogen (secondary N) is 1. The molecule has 1 unspecified atom stereocenters. The predicted octanol–water partition coefficient (Wildman–Crippen LogP) is 5.04. The molecule has 0 aliphatic carbocycles. The van der Waals surface area contributed by atoms with Crippen LogP contribution in [0.2, 0.25) is 0 Å². The van der Waals surface area contributed by atoms with E-state index in [-0.39, 0.29) is 0 Å². The highest BCUT2D eigenvalue weighted by Gasteiger charge is 2.30. The Kier molecular flexibility index (Phi) is 5.52. The molecule has 26 heavy (non-hydrogen) atoms. The number of benzene rings is 1. The molecule has 0 amide bonds. The molecule has 0 bridgehead atoms. The van der Waals surface area contributed by atoms with Crippen LogP contribution in [0.5, 0.6) is 0 Å². The molecule has 0 saturated heterocycles. The van der Waals surface area contributed by atoms with Crippen molar-refractivity contribution >= 4 is 32.7 Å². The van der Waals surface area contributed by atoms with Crippen LogP contribution in [0.15, 0.2) is 58.6 Å². The lowest BCUT2D eigenvalue weighted by Gasteiger charge is -2.17. The van der Waals surface area contributed by atoms with Gasteiger partial charge in [0.05, 0.1) is 17.4 Å². The first-order valence-corrected chi connectivity index (χ1v) is 10.9. The second-order valence-electron chi connectivity index (χ2n) is 5.58. The Morgan fingerprint density at radius 1 is 1.04 bits per heavy atom. The van der Waals surface area contributed by atoms with Gasteiger partial charge in [-0.25, -0.2) is 13.1 Å². The summed E-state index contributed by atoms with van der Waals surface area (Å²) < 4.78 is 65.6. The van der Waals surface area contributed by atoms with Gasteiger partial charge in [-0.15, -0.1) is 11.3 Å². The van der Waals surface area contributed by atoms with E-state index in [2.05, 4.69) is 4.72 Å². The zero-order valence-corrected chi connectivity index (χ0v) is 15.7. The first-order valence-electron chi connectivity index (χ1n) is 7.46. The second kappa shape index (κ2) is 7.51. The fraction of sp³-hybridized carbons (Fsp3) is 0.176. The number of sulfonamides is 1. The van der Waals surface area contributed by atoms with E-state index in [1.807, 2.05) is 34.3 Å². The first kappa shape index (κ1) is 19.1. The zero-order valence-electron chi connectivity index (χ0n) is 13.2. The highest BCUT2D eigenvalue weighted by Crippen LogP contribution is 2.30. The Morgan fingerprint density at radius 3 is 2.31 bits per heavy atom. The van der Waals surface area contributed by atoms with E-state index >= 15 is 0 Å². The topological polar surface area (TPSA) is 46.2 Å². The molecule has 1 aromatic carbocycles. The van der Waals surface area contributed by atoms with Gasteiger partial charge >= 0.3 is 6.18 Å². The van der Waals surface area contributed by atoms with Crippen molar-refractivity contribution in [1.82, 2.24) is 4.72 Å². The standard InChI is InChI=1S/C17H14F3NO2S3/c18-17(19,20)14-5-3-12(4-6-14)11-26(22,23)21-16(13-7-9-24-10-13)15-2-1-8-25-15/h1-10,16,21H,11H2. The summed E-state index contributed by atoms with van der Waals surface area (Å²) in [6.45, 7) is 0. The zero-order chi connectivity index (χ0) is 18.8. The van der Waals surface area contributed by atoms with Gasteiger partial charge in [-0.1, -0.05) is 18.2 Å². The molecule has 0 aliphatic rings. The molecule has 1 atom stereocenters. The molecular formula is C17H14F3NO2S3. The van der Waals surface area contributed by atoms with Gasteiger partial charge in [0.1, 0.15) is 0 Å². The third-order valence-corrected chi connectivity index (χ3v) is 6.59. The number of alkyl halides is 3. The fourth-order valence-corrected chi connectivity index (χ4v) is 5.32. The molecule has 2 aromatic heterocycles. The Labute approximate surface area is 157 Å². The van der Waals surface area contributed by atoms with Crippen molar-refractivity contribution in [1.29, 1.82) is 0 Å². The van der Waals surface area contributed by atoms with Crippen molar-refractivity contribution in [2.75, 3.05) is 0 Å². The largest absolute Gasteiger partial charge is 0.416 e. The lowest BCUT2D eigenvalue weighted by molar-refractivity contribution is -0.137. The summed E-state index contributed by atoms with van der Waals surface area (Å²) in [5, 5.41) is 5.59. The fourth-order valence-electron chi connectivity index (χ4n) is 2.42. The molecule has 3 aromatic rings. The highest BCUT2D eigenvalue weighted by molar-refractivity contribution is 7.88. The van der Waals surface area contributed by atoms with Gasteiger partial charge < -0.3 is 0 Å². The number of halogens is 3. The molecular weight excluding hydrogens is 403 g/mol. The molecule has 3 rings (SSSR count). The van der Waals surface area contributed by atoms with E-state index in [0.29, 0.717) is 5.56 Å². The van der Waals surface area contributed by atoms with Gasteiger partial charge in [0, 0.05) is 4.88 Å². The van der Waals surface area contributed by atoms with E-state index in [9.17, 15) is 21.6 Å². The Hall–Kier alpha value is -1.68. The SMILES string of the molecule is O=S(=O)(Cc1ccc(C(F)(F)F)cc1)NC(c1ccsc1)c1cccs1. The smallest absolute Gasteiger partial charge is 0.212 e. The molecule has 2 heterocycles. The molecule has 3 nitrogen and oxygen atoms in total. The minimum atomic E-state index is -4.45. The Bertz CT molecular complexity index is 898. The Balaban J connectivity index is 1.79. The van der Waals surface area contributed by atoms with Crippen molar-refractivity contribution in [2.24, 2.45) is 0 Å². The quantitative estimate of drug-likeness (QED) is 0.611. The molecule has 0 spiro atoms. The van der Waals surface area contributed by atoms with Gasteiger partial charge in [0.25, 0.3) is 0 Å². The average Bonchev–Trinajstić information content (AvgIpc) is 3.26. The molecule has 0 fully saturated rings. The molecule has 0 aliphatic heterocycles. The summed E-state index contributed by atoms with van der Waals surface area (Å²) in [6, 6.07) is 9.16. The summed E-state index contributed by atoms with van der Waals surface area (Å²) in [4.78, 5) is 0.847. The van der Waals surface area contributed by atoms with Crippen molar-refractivity contribution in [2.45, 2.75) is 18.0 Å². The number of hydrogen-bond donors (Lipinski definition) is 1. The summed E-state index contributed by atoms with van der Waals surface area (Å²) >= 11 is 2.90. The van der Waals surface area contributed by atoms with E-state index in [0.717, 1.165) is 22.6 Å². The lowest BCUT2D eigenvalue weighted by Crippen LogP contribution is -2.29. The van der Waals surface area contributed by atoms with Crippen LogP contribution >= 0.6 is 22.7 Å². The van der Waals surface area contributed by atoms with Crippen LogP contribution in [-0.4, -0.2) is 8.42 Å². The predicted molar refractivity (Wildman–Crippen MR) is 97.7 cm³/mol. The third kappa shape index (κ3) is 4.73. The normalized spacial score (nSPS) is 13.7. The van der Waals surface area contributed by atoms with Crippen LogP contribution in [0, 0.1) is 0 Å². The number of hydrogen-bond acceptors (Lipinski definition) is 4. The van der Waals surface area contributed by atoms with E-state index in [1.54, 1.807) is 0 Å². The highest BCUT2D eigenvalue weighted by atomic mass is 32.2. The van der Waals surface area contributed by atoms with Gasteiger partial charge in [-0.05, 0) is 51.5 Å². The van der Waals surface area contributed by atoms with Crippen molar-refractivity contribution in [3.05, 3.63) is 80.2 Å². The second-order valence-corrected chi connectivity index (χ2v) is 9.09. The summed E-state index contributed by atoms with van der Waals surface area (Å²) in [5.41, 5.74) is 0.315. The van der Waals surface area contributed by atoms with Crippen LogP contribution in [0.4, 0.5) is 13.2 Å². The van der Waals surface area contributed by atoms with Gasteiger partial charge in [-0.2, -0.15) is 24.5 Å². The van der Waals surface area contributed by atoms with E-state index in [1.165, 1.54) is 34.8 Å². The van der Waals surface area contributed by atoms with Gasteiger partial charge in [-0.3, -0.25) is 0 Å². The van der Waals surface area contributed by atoms with Crippen LogP contribution in [0.25, 0.3) is 0 Å². The maximum Gasteiger partial charge on any atom is 0.416 e. The van der Waals surface area contributed by atoms with Crippen molar-refractivity contribution < 1.29 is 21.6 Å². The van der Waals surface area contributed by atoms with E-state index < -0.39 is 33.6 Å². The first-order chi connectivity index (χ1) is 12.2. The molecule has 9 heteroatoms. The monoisotopic (exact) mass is 417 g/mol. The molecule has 138 valence electrons. The Morgan fingerprint density at radius 2 is 1.77 bits per heavy atom. The summed E-state index contributed by atoms with van der Waals surface area (Å²) in [6.07, 6.45) is -4.45. The van der Waals surface area contributed by atoms with Crippen LogP contribution in [0.1, 0.15) is 27.6 Å². The third-order valence-electron chi connectivity index (χ3n) is 3.64. The summed E-state index contributed by atoms with van der Waals surface area (Å²) in [7, 11) is -3.75. The van der Waals surface area contributed by atoms with Gasteiger partial charge in [0.15, 0.2) is 0 Å². The average molecular weight is 417 g/mol.